The highest BCUT2D eigenvalue weighted by molar-refractivity contribution is 5.67. The van der Waals surface area contributed by atoms with E-state index in [4.69, 9.17) is 20.4 Å². The van der Waals surface area contributed by atoms with E-state index in [1.54, 1.807) is 0 Å². The van der Waals surface area contributed by atoms with Crippen molar-refractivity contribution >= 4 is 17.9 Å². The molecule has 0 spiro atoms. The predicted molar refractivity (Wildman–Crippen MR) is 283 cm³/mol. The number of hydrogen-bond donors (Lipinski definition) is 4. The summed E-state index contributed by atoms with van der Waals surface area (Å²) in [5.74, 6) is 0.636. The van der Waals surface area contributed by atoms with Crippen molar-refractivity contribution in [3.8, 4) is 0 Å². The van der Waals surface area contributed by atoms with Gasteiger partial charge in [-0.25, -0.2) is 0 Å². The largest absolute Gasteiger partial charge is 0.481 e. The van der Waals surface area contributed by atoms with Crippen LogP contribution in [0.1, 0.15) is 331 Å². The molecule has 0 aliphatic heterocycles. The first-order valence-corrected chi connectivity index (χ1v) is 28.6. The monoisotopic (exact) mass is 927 g/mol. The highest BCUT2D eigenvalue weighted by Gasteiger charge is 2.01. The molecule has 65 heavy (non-hydrogen) atoms. The van der Waals surface area contributed by atoms with Crippen LogP contribution in [0.25, 0.3) is 0 Å². The highest BCUT2D eigenvalue weighted by atomic mass is 16.4. The summed E-state index contributed by atoms with van der Waals surface area (Å²) in [6.07, 6.45) is 54.0. The number of carboxylic acids is 3. The third-order valence-electron chi connectivity index (χ3n) is 12.3. The second kappa shape index (κ2) is 62.4. The number of rotatable bonds is 47. The average molecular weight is 928 g/mol. The summed E-state index contributed by atoms with van der Waals surface area (Å²) in [5, 5.41) is 33.6. The molecule has 0 heterocycles. The molecule has 0 radical (unpaired) electrons. The van der Waals surface area contributed by atoms with Crippen LogP contribution in [-0.2, 0) is 14.4 Å². The Hall–Kier alpha value is -1.63. The van der Waals surface area contributed by atoms with Gasteiger partial charge in [0.25, 0.3) is 0 Å². The minimum absolute atomic E-state index is 0.344. The summed E-state index contributed by atoms with van der Waals surface area (Å²) < 4.78 is 0. The first-order valence-electron chi connectivity index (χ1n) is 28.6. The average Bonchev–Trinajstić information content (AvgIpc) is 3.24. The molecule has 0 aromatic rings. The molecular formula is C58H118O7. The molecule has 0 fully saturated rings. The topological polar surface area (TPSA) is 132 Å². The molecule has 0 saturated carbocycles. The molecule has 0 aromatic heterocycles. The lowest BCUT2D eigenvalue weighted by atomic mass is 10.0. The lowest BCUT2D eigenvalue weighted by Gasteiger charge is -2.04. The molecule has 0 atom stereocenters. The third kappa shape index (κ3) is 86.1. The van der Waals surface area contributed by atoms with E-state index in [9.17, 15) is 14.4 Å². The fourth-order valence-corrected chi connectivity index (χ4v) is 7.95. The van der Waals surface area contributed by atoms with Gasteiger partial charge >= 0.3 is 17.9 Å². The predicted octanol–water partition coefficient (Wildman–Crippen LogP) is 19.3. The molecule has 4 N–H and O–H groups in total. The number of aliphatic carboxylic acids is 3. The molecule has 392 valence electrons. The van der Waals surface area contributed by atoms with E-state index in [0.717, 1.165) is 69.1 Å². The summed E-state index contributed by atoms with van der Waals surface area (Å²) in [5.41, 5.74) is 0. The van der Waals surface area contributed by atoms with Gasteiger partial charge in [0.2, 0.25) is 0 Å². The van der Waals surface area contributed by atoms with Gasteiger partial charge in [0, 0.05) is 25.9 Å². The standard InChI is InChI=1S/3C18H36O2.C4H10O/c3*1-17(2)15-13-11-9-7-5-3-4-6-8-10-12-14-16-18(19)20;1-2-3-4-5/h3*17H,3-16H2,1-2H3,(H,19,20);5H,2-4H2,1H3. The molecular weight excluding hydrogens is 809 g/mol. The van der Waals surface area contributed by atoms with Gasteiger partial charge in [0.15, 0.2) is 0 Å². The van der Waals surface area contributed by atoms with E-state index in [1.807, 2.05) is 0 Å². The van der Waals surface area contributed by atoms with Crippen molar-refractivity contribution in [1.82, 2.24) is 0 Å². The van der Waals surface area contributed by atoms with Crippen molar-refractivity contribution in [2.24, 2.45) is 17.8 Å². The Kier molecular flexibility index (Phi) is 67.1. The van der Waals surface area contributed by atoms with Crippen LogP contribution in [0, 0.1) is 17.8 Å². The van der Waals surface area contributed by atoms with Crippen molar-refractivity contribution in [2.45, 2.75) is 331 Å². The Bertz CT molecular complexity index is 791. The van der Waals surface area contributed by atoms with Crippen LogP contribution in [0.3, 0.4) is 0 Å². The smallest absolute Gasteiger partial charge is 0.303 e. The maximum Gasteiger partial charge on any atom is 0.303 e. The molecule has 0 aliphatic rings. The van der Waals surface area contributed by atoms with Crippen molar-refractivity contribution in [3.05, 3.63) is 0 Å². The van der Waals surface area contributed by atoms with Crippen LogP contribution < -0.4 is 0 Å². The fraction of sp³-hybridized carbons (Fsp3) is 0.948. The quantitative estimate of drug-likeness (QED) is 0.0447. The number of aliphatic hydroxyl groups excluding tert-OH is 1. The van der Waals surface area contributed by atoms with Gasteiger partial charge in [0.1, 0.15) is 0 Å². The van der Waals surface area contributed by atoms with E-state index in [2.05, 4.69) is 48.5 Å². The molecule has 0 unspecified atom stereocenters. The first kappa shape index (κ1) is 69.9. The Balaban J connectivity index is -0.000000407. The van der Waals surface area contributed by atoms with E-state index >= 15 is 0 Å². The zero-order valence-corrected chi connectivity index (χ0v) is 45.1. The van der Waals surface area contributed by atoms with Crippen LogP contribution in [0.15, 0.2) is 0 Å². The van der Waals surface area contributed by atoms with E-state index in [0.29, 0.717) is 25.9 Å². The molecule has 0 saturated heterocycles. The zero-order chi connectivity index (χ0) is 49.3. The Morgan fingerprint density at radius 3 is 0.538 bits per heavy atom. The summed E-state index contributed by atoms with van der Waals surface area (Å²) in [7, 11) is 0. The van der Waals surface area contributed by atoms with E-state index < -0.39 is 17.9 Å². The van der Waals surface area contributed by atoms with Gasteiger partial charge in [0.05, 0.1) is 0 Å². The summed E-state index contributed by atoms with van der Waals surface area (Å²) >= 11 is 0. The van der Waals surface area contributed by atoms with Crippen LogP contribution in [0.5, 0.6) is 0 Å². The second-order valence-electron chi connectivity index (χ2n) is 20.8. The Morgan fingerprint density at radius 2 is 0.431 bits per heavy atom. The third-order valence-corrected chi connectivity index (χ3v) is 12.3. The number of carbonyl (C=O) groups is 3. The Labute approximate surface area is 406 Å². The SMILES string of the molecule is CC(C)CCCCCCCCCCCCCCC(=O)O.CC(C)CCCCCCCCCCCCCCC(=O)O.CC(C)CCCCCCCCCCCCCCC(=O)O.CCCCO. The van der Waals surface area contributed by atoms with Gasteiger partial charge < -0.3 is 20.4 Å². The maximum atomic E-state index is 10.3. The van der Waals surface area contributed by atoms with E-state index in [1.165, 1.54) is 212 Å². The van der Waals surface area contributed by atoms with Crippen molar-refractivity contribution in [2.75, 3.05) is 6.61 Å². The zero-order valence-electron chi connectivity index (χ0n) is 45.1. The normalized spacial score (nSPS) is 10.9. The number of hydrogen-bond acceptors (Lipinski definition) is 4. The molecule has 0 bridgehead atoms. The highest BCUT2D eigenvalue weighted by Crippen LogP contribution is 2.17. The van der Waals surface area contributed by atoms with Gasteiger partial charge in [-0.3, -0.25) is 14.4 Å². The van der Waals surface area contributed by atoms with Crippen LogP contribution in [0.4, 0.5) is 0 Å². The van der Waals surface area contributed by atoms with Gasteiger partial charge in [-0.15, -0.1) is 0 Å². The van der Waals surface area contributed by atoms with Crippen molar-refractivity contribution in [3.63, 3.8) is 0 Å². The number of aliphatic hydroxyl groups is 1. The molecule has 0 aliphatic carbocycles. The van der Waals surface area contributed by atoms with Crippen molar-refractivity contribution < 1.29 is 34.8 Å². The molecule has 0 aromatic carbocycles. The minimum Gasteiger partial charge on any atom is -0.481 e. The lowest BCUT2D eigenvalue weighted by molar-refractivity contribution is -0.138. The fourth-order valence-electron chi connectivity index (χ4n) is 7.95. The summed E-state index contributed by atoms with van der Waals surface area (Å²) in [6, 6.07) is 0. The van der Waals surface area contributed by atoms with Crippen molar-refractivity contribution in [1.29, 1.82) is 0 Å². The van der Waals surface area contributed by atoms with Gasteiger partial charge in [-0.2, -0.15) is 0 Å². The summed E-state index contributed by atoms with van der Waals surface area (Å²) in [4.78, 5) is 31.0. The van der Waals surface area contributed by atoms with Crippen LogP contribution in [-0.4, -0.2) is 44.9 Å². The molecule has 0 rings (SSSR count). The first-order chi connectivity index (χ1) is 31.3. The second-order valence-corrected chi connectivity index (χ2v) is 20.8. The van der Waals surface area contributed by atoms with Crippen LogP contribution in [0.2, 0.25) is 0 Å². The lowest BCUT2D eigenvalue weighted by Crippen LogP contribution is -1.93. The molecule has 7 nitrogen and oxygen atoms in total. The molecule has 0 amide bonds. The molecule has 7 heteroatoms. The Morgan fingerprint density at radius 1 is 0.277 bits per heavy atom. The van der Waals surface area contributed by atoms with E-state index in [-0.39, 0.29) is 0 Å². The number of unbranched alkanes of at least 4 members (excludes halogenated alkanes) is 34. The van der Waals surface area contributed by atoms with Gasteiger partial charge in [-0.05, 0) is 43.4 Å². The van der Waals surface area contributed by atoms with Crippen LogP contribution >= 0.6 is 0 Å². The number of carboxylic acid groups (broad SMARTS) is 3. The summed E-state index contributed by atoms with van der Waals surface area (Å²) in [6.45, 7) is 16.2. The minimum atomic E-state index is -0.654. The van der Waals surface area contributed by atoms with Gasteiger partial charge in [-0.1, -0.05) is 286 Å². The maximum absolute atomic E-state index is 10.3.